The van der Waals surface area contributed by atoms with Crippen molar-refractivity contribution in [3.8, 4) is 32.6 Å². The highest BCUT2D eigenvalue weighted by atomic mass is 32.1. The van der Waals surface area contributed by atoms with Gasteiger partial charge in [0.1, 0.15) is 23.0 Å². The Hall–Kier alpha value is -4.92. The monoisotopic (exact) mass is 584 g/mol. The summed E-state index contributed by atoms with van der Waals surface area (Å²) in [4.78, 5) is 38.4. The van der Waals surface area contributed by atoms with E-state index in [1.807, 2.05) is 84.9 Å². The smallest absolute Gasteiger partial charge is 0.229 e. The maximum atomic E-state index is 13.6. The standard InChI is InChI=1S/C34H20N2O4S2/c37-29-21-11-3-1-9-19(21)27-33(41-25-15-7-5-13-23(25)35-27)31(29)39-17-18-40-32-30(38)22-12-4-2-10-20(22)28-34(32)42-26-16-8-6-14-24(26)36-28/h1-16H,17-18H2. The number of ether oxygens (including phenoxy) is 2. The van der Waals surface area contributed by atoms with Crippen LogP contribution in [0, 0.1) is 0 Å². The van der Waals surface area contributed by atoms with Crippen LogP contribution < -0.4 is 20.3 Å². The molecule has 0 fully saturated rings. The molecule has 0 atom stereocenters. The van der Waals surface area contributed by atoms with Gasteiger partial charge in [0.2, 0.25) is 10.9 Å². The quantitative estimate of drug-likeness (QED) is 0.118. The van der Waals surface area contributed by atoms with Crippen molar-refractivity contribution in [2.45, 2.75) is 0 Å². The molecule has 0 saturated heterocycles. The molecule has 202 valence electrons. The minimum absolute atomic E-state index is 0.0711. The van der Waals surface area contributed by atoms with E-state index in [2.05, 4.69) is 0 Å². The predicted octanol–water partition coefficient (Wildman–Crippen LogP) is 7.60. The lowest BCUT2D eigenvalue weighted by atomic mass is 10.0. The van der Waals surface area contributed by atoms with Crippen molar-refractivity contribution in [2.24, 2.45) is 0 Å². The summed E-state index contributed by atoms with van der Waals surface area (Å²) in [6.45, 7) is 0.142. The molecule has 2 aliphatic heterocycles. The number of benzene rings is 6. The summed E-state index contributed by atoms with van der Waals surface area (Å²) in [5.41, 5.74) is 2.80. The molecule has 4 aliphatic rings. The SMILES string of the molecule is O=c1c(OCCOc2c3sc4ccccc4nc-3c3ccccc3c2=O)c2sc3ccccc3nc-2c2ccccc12. The molecule has 0 saturated carbocycles. The number of hydrogen-bond donors (Lipinski definition) is 0. The third kappa shape index (κ3) is 3.91. The Morgan fingerprint density at radius 1 is 0.500 bits per heavy atom. The number of hydrogen-bond acceptors (Lipinski definition) is 8. The molecule has 0 radical (unpaired) electrons. The van der Waals surface area contributed by atoms with Gasteiger partial charge in [0.25, 0.3) is 0 Å². The van der Waals surface area contributed by atoms with E-state index < -0.39 is 0 Å². The number of aromatic nitrogens is 2. The molecule has 2 aliphatic carbocycles. The van der Waals surface area contributed by atoms with Gasteiger partial charge in [-0.1, -0.05) is 72.8 Å². The second-order valence-corrected chi connectivity index (χ2v) is 11.9. The van der Waals surface area contributed by atoms with E-state index in [0.29, 0.717) is 20.5 Å². The Labute approximate surface area is 246 Å². The van der Waals surface area contributed by atoms with Gasteiger partial charge >= 0.3 is 0 Å². The summed E-state index contributed by atoms with van der Waals surface area (Å²) < 4.78 is 14.2. The van der Waals surface area contributed by atoms with E-state index in [9.17, 15) is 9.59 Å². The first kappa shape index (κ1) is 24.8. The van der Waals surface area contributed by atoms with Crippen LogP contribution in [0.1, 0.15) is 0 Å². The van der Waals surface area contributed by atoms with Gasteiger partial charge in [0.05, 0.1) is 31.8 Å². The average Bonchev–Trinajstić information content (AvgIpc) is 3.04. The molecule has 4 aromatic carbocycles. The van der Waals surface area contributed by atoms with Crippen molar-refractivity contribution in [1.82, 2.24) is 9.97 Å². The Bertz CT molecular complexity index is 2210. The fourth-order valence-corrected chi connectivity index (χ4v) is 7.54. The fourth-order valence-electron chi connectivity index (χ4n) is 5.38. The van der Waals surface area contributed by atoms with Gasteiger partial charge in [0.15, 0.2) is 11.5 Å². The van der Waals surface area contributed by atoms with Crippen LogP contribution in [0.2, 0.25) is 0 Å². The summed E-state index contributed by atoms with van der Waals surface area (Å²) in [6, 6.07) is 30.6. The zero-order valence-corrected chi connectivity index (χ0v) is 23.6. The number of para-hydroxylation sites is 2. The zero-order chi connectivity index (χ0) is 28.2. The van der Waals surface area contributed by atoms with Gasteiger partial charge in [-0.15, -0.1) is 22.7 Å². The van der Waals surface area contributed by atoms with Gasteiger partial charge in [-0.05, 0) is 24.3 Å². The molecular weight excluding hydrogens is 565 g/mol. The van der Waals surface area contributed by atoms with Gasteiger partial charge < -0.3 is 9.47 Å². The Morgan fingerprint density at radius 3 is 1.33 bits per heavy atom. The van der Waals surface area contributed by atoms with Gasteiger partial charge in [-0.2, -0.15) is 0 Å². The summed E-state index contributed by atoms with van der Waals surface area (Å²) >= 11 is 2.97. The number of nitrogens with zero attached hydrogens (tertiary/aromatic N) is 2. The lowest BCUT2D eigenvalue weighted by molar-refractivity contribution is 0.217. The Morgan fingerprint density at radius 2 is 0.881 bits per heavy atom. The van der Waals surface area contributed by atoms with E-state index in [-0.39, 0.29) is 35.6 Å². The van der Waals surface area contributed by atoms with Gasteiger partial charge in [-0.25, -0.2) is 9.97 Å². The molecule has 8 rings (SSSR count). The van der Waals surface area contributed by atoms with Crippen LogP contribution in [-0.4, -0.2) is 23.2 Å². The van der Waals surface area contributed by atoms with Crippen molar-refractivity contribution < 1.29 is 9.47 Å². The van der Waals surface area contributed by atoms with E-state index in [1.165, 1.54) is 22.7 Å². The van der Waals surface area contributed by atoms with Crippen molar-refractivity contribution in [3.63, 3.8) is 0 Å². The first-order valence-corrected chi connectivity index (χ1v) is 15.0. The predicted molar refractivity (Wildman–Crippen MR) is 171 cm³/mol. The van der Waals surface area contributed by atoms with Gasteiger partial charge in [0, 0.05) is 21.5 Å². The molecule has 0 unspecified atom stereocenters. The van der Waals surface area contributed by atoms with Crippen molar-refractivity contribution in [2.75, 3.05) is 13.2 Å². The summed E-state index contributed by atoms with van der Waals surface area (Å²) in [5, 5.41) is 2.70. The van der Waals surface area contributed by atoms with Crippen LogP contribution >= 0.6 is 22.7 Å². The number of fused-ring (bicyclic) bond motifs is 8. The maximum Gasteiger partial charge on any atom is 0.229 e. The van der Waals surface area contributed by atoms with Crippen LogP contribution in [0.5, 0.6) is 11.5 Å². The minimum atomic E-state index is -0.190. The van der Waals surface area contributed by atoms with Crippen LogP contribution in [-0.2, 0) is 0 Å². The zero-order valence-electron chi connectivity index (χ0n) is 22.0. The summed E-state index contributed by atoms with van der Waals surface area (Å²) in [7, 11) is 0. The van der Waals surface area contributed by atoms with E-state index in [1.54, 1.807) is 12.1 Å². The molecule has 2 heterocycles. The lowest BCUT2D eigenvalue weighted by Crippen LogP contribution is -2.18. The summed E-state index contributed by atoms with van der Waals surface area (Å²) in [6.07, 6.45) is 0. The molecule has 8 heteroatoms. The van der Waals surface area contributed by atoms with Crippen LogP contribution in [0.4, 0.5) is 0 Å². The van der Waals surface area contributed by atoms with Crippen molar-refractivity contribution in [1.29, 1.82) is 0 Å². The molecule has 6 nitrogen and oxygen atoms in total. The molecule has 4 aromatic rings. The third-order valence-electron chi connectivity index (χ3n) is 7.30. The average molecular weight is 585 g/mol. The fraction of sp³-hybridized carbons (Fsp3) is 0.0588. The lowest BCUT2D eigenvalue weighted by Gasteiger charge is -2.17. The van der Waals surface area contributed by atoms with Crippen LogP contribution in [0.15, 0.2) is 107 Å². The topological polar surface area (TPSA) is 78.4 Å². The Kier molecular flexibility index (Phi) is 5.84. The molecule has 0 spiro atoms. The minimum Gasteiger partial charge on any atom is -0.484 e. The maximum absolute atomic E-state index is 13.6. The van der Waals surface area contributed by atoms with Crippen LogP contribution in [0.25, 0.3) is 63.1 Å². The highest BCUT2D eigenvalue weighted by Gasteiger charge is 2.24. The highest BCUT2D eigenvalue weighted by molar-refractivity contribution is 7.22. The first-order valence-electron chi connectivity index (χ1n) is 13.4. The second kappa shape index (κ2) is 9.87. The molecular formula is C34H20N2O4S2. The van der Waals surface area contributed by atoms with Crippen molar-refractivity contribution >= 4 is 64.7 Å². The van der Waals surface area contributed by atoms with E-state index in [4.69, 9.17) is 19.4 Å². The van der Waals surface area contributed by atoms with E-state index >= 15 is 0 Å². The van der Waals surface area contributed by atoms with E-state index in [0.717, 1.165) is 42.6 Å². The van der Waals surface area contributed by atoms with Crippen molar-refractivity contribution in [3.05, 3.63) is 118 Å². The molecule has 0 amide bonds. The first-order chi connectivity index (χ1) is 20.7. The summed E-state index contributed by atoms with van der Waals surface area (Å²) in [5.74, 6) is 0.494. The second-order valence-electron chi connectivity index (χ2n) is 9.82. The molecule has 42 heavy (non-hydrogen) atoms. The van der Waals surface area contributed by atoms with Gasteiger partial charge in [-0.3, -0.25) is 9.59 Å². The normalized spacial score (nSPS) is 11.7. The highest BCUT2D eigenvalue weighted by Crippen LogP contribution is 2.41. The Balaban J connectivity index is 1.18. The molecule has 0 N–H and O–H groups in total. The largest absolute Gasteiger partial charge is 0.484 e. The molecule has 0 aromatic heterocycles. The molecule has 0 bridgehead atoms. The van der Waals surface area contributed by atoms with Crippen LogP contribution in [0.3, 0.4) is 0 Å². The number of rotatable bonds is 5. The third-order valence-corrected chi connectivity index (χ3v) is 9.60.